The number of benzene rings is 1. The minimum absolute atomic E-state index is 0.202. The van der Waals surface area contributed by atoms with Crippen molar-refractivity contribution in [2.24, 2.45) is 5.73 Å². The average Bonchev–Trinajstić information content (AvgIpc) is 2.47. The first kappa shape index (κ1) is 14.7. The molecule has 0 saturated carbocycles. The zero-order valence-electron chi connectivity index (χ0n) is 12.0. The Labute approximate surface area is 123 Å². The molecule has 0 bridgehead atoms. The predicted molar refractivity (Wildman–Crippen MR) is 80.9 cm³/mol. The first-order chi connectivity index (χ1) is 10.0. The maximum Gasteiger partial charge on any atom is 0.251 e. The van der Waals surface area contributed by atoms with E-state index in [9.17, 15) is 9.59 Å². The molecule has 0 atom stereocenters. The van der Waals surface area contributed by atoms with Crippen molar-refractivity contribution >= 4 is 11.8 Å². The molecule has 1 aromatic carbocycles. The number of carbonyl (C=O) groups excluding carboxylic acids is 2. The van der Waals surface area contributed by atoms with E-state index in [0.717, 1.165) is 5.69 Å². The number of carbonyl (C=O) groups is 2. The van der Waals surface area contributed by atoms with Crippen molar-refractivity contribution in [1.82, 2.24) is 10.3 Å². The summed E-state index contributed by atoms with van der Waals surface area (Å²) in [6, 6.07) is 10.4. The third kappa shape index (κ3) is 3.08. The predicted octanol–water partition coefficient (Wildman–Crippen LogP) is 1.91. The number of aromatic nitrogens is 1. The Morgan fingerprint density at radius 3 is 2.52 bits per heavy atom. The summed E-state index contributed by atoms with van der Waals surface area (Å²) in [6.07, 6.45) is 0. The molecule has 5 heteroatoms. The maximum absolute atomic E-state index is 12.1. The highest BCUT2D eigenvalue weighted by Gasteiger charge is 2.18. The summed E-state index contributed by atoms with van der Waals surface area (Å²) in [7, 11) is 0. The fraction of sp³-hybridized carbons (Fsp3) is 0.188. The number of nitrogens with one attached hydrogen (secondary N) is 1. The molecule has 1 aromatic heterocycles. The highest BCUT2D eigenvalue weighted by atomic mass is 16.2. The molecular weight excluding hydrogens is 266 g/mol. The minimum Gasteiger partial charge on any atom is -0.366 e. The Morgan fingerprint density at radius 2 is 1.86 bits per heavy atom. The molecular formula is C16H17N3O2. The molecule has 0 aliphatic heterocycles. The zero-order chi connectivity index (χ0) is 15.4. The number of nitrogens with two attached hydrogens (primary N) is 1. The summed E-state index contributed by atoms with van der Waals surface area (Å²) in [5, 5.41) is 2.75. The lowest BCUT2D eigenvalue weighted by molar-refractivity contribution is 0.0954. The Hall–Kier alpha value is -2.69. The molecule has 0 unspecified atom stereocenters. The van der Waals surface area contributed by atoms with E-state index in [1.165, 1.54) is 0 Å². The third-order valence-corrected chi connectivity index (χ3v) is 3.06. The van der Waals surface area contributed by atoms with Crippen LogP contribution in [0.4, 0.5) is 0 Å². The van der Waals surface area contributed by atoms with Gasteiger partial charge in [-0.2, -0.15) is 0 Å². The second kappa shape index (κ2) is 6.17. The molecule has 0 aliphatic carbocycles. The fourth-order valence-corrected chi connectivity index (χ4v) is 2.10. The Morgan fingerprint density at radius 1 is 1.14 bits per heavy atom. The molecule has 108 valence electrons. The number of pyridine rings is 1. The van der Waals surface area contributed by atoms with Crippen molar-refractivity contribution in [2.75, 3.05) is 6.54 Å². The van der Waals surface area contributed by atoms with Crippen molar-refractivity contribution in [3.05, 3.63) is 53.2 Å². The van der Waals surface area contributed by atoms with Gasteiger partial charge in [0.25, 0.3) is 11.8 Å². The van der Waals surface area contributed by atoms with Gasteiger partial charge in [-0.1, -0.05) is 18.2 Å². The van der Waals surface area contributed by atoms with E-state index in [0.29, 0.717) is 28.9 Å². The minimum atomic E-state index is -0.566. The molecule has 0 spiro atoms. The lowest BCUT2D eigenvalue weighted by Crippen LogP contribution is -2.23. The van der Waals surface area contributed by atoms with Gasteiger partial charge in [0.05, 0.1) is 11.3 Å². The van der Waals surface area contributed by atoms with Crippen LogP contribution in [0.15, 0.2) is 36.4 Å². The van der Waals surface area contributed by atoms with Crippen LogP contribution in [0.1, 0.15) is 33.3 Å². The van der Waals surface area contributed by atoms with Gasteiger partial charge in [0.15, 0.2) is 0 Å². The van der Waals surface area contributed by atoms with Gasteiger partial charge in [-0.3, -0.25) is 14.6 Å². The van der Waals surface area contributed by atoms with E-state index in [1.54, 1.807) is 36.4 Å². The first-order valence-electron chi connectivity index (χ1n) is 6.69. The van der Waals surface area contributed by atoms with Crippen molar-refractivity contribution in [2.45, 2.75) is 13.8 Å². The van der Waals surface area contributed by atoms with E-state index >= 15 is 0 Å². The van der Waals surface area contributed by atoms with Crippen LogP contribution in [0.2, 0.25) is 0 Å². The van der Waals surface area contributed by atoms with Crippen molar-refractivity contribution in [3.63, 3.8) is 0 Å². The summed E-state index contributed by atoms with van der Waals surface area (Å²) in [5.74, 6) is -0.768. The van der Waals surface area contributed by atoms with Crippen LogP contribution in [-0.2, 0) is 0 Å². The van der Waals surface area contributed by atoms with E-state index in [-0.39, 0.29) is 5.91 Å². The number of nitrogens with zero attached hydrogens (tertiary/aromatic N) is 1. The first-order valence-corrected chi connectivity index (χ1v) is 6.69. The van der Waals surface area contributed by atoms with Crippen molar-refractivity contribution < 1.29 is 9.59 Å². The Kier molecular flexibility index (Phi) is 4.33. The van der Waals surface area contributed by atoms with Gasteiger partial charge in [0, 0.05) is 23.4 Å². The molecule has 2 aromatic rings. The zero-order valence-corrected chi connectivity index (χ0v) is 12.0. The summed E-state index contributed by atoms with van der Waals surface area (Å²) in [6.45, 7) is 4.19. The van der Waals surface area contributed by atoms with Gasteiger partial charge < -0.3 is 11.1 Å². The summed E-state index contributed by atoms with van der Waals surface area (Å²) in [4.78, 5) is 28.1. The molecule has 5 nitrogen and oxygen atoms in total. The number of rotatable bonds is 4. The number of primary amides is 1. The van der Waals surface area contributed by atoms with Crippen LogP contribution >= 0.6 is 0 Å². The summed E-state index contributed by atoms with van der Waals surface area (Å²) in [5.41, 5.74) is 7.97. The summed E-state index contributed by atoms with van der Waals surface area (Å²) >= 11 is 0. The van der Waals surface area contributed by atoms with Crippen LogP contribution in [0.25, 0.3) is 11.3 Å². The molecule has 1 heterocycles. The average molecular weight is 283 g/mol. The molecule has 21 heavy (non-hydrogen) atoms. The second-order valence-corrected chi connectivity index (χ2v) is 4.62. The molecule has 0 radical (unpaired) electrons. The summed E-state index contributed by atoms with van der Waals surface area (Å²) < 4.78 is 0. The van der Waals surface area contributed by atoms with Crippen molar-refractivity contribution in [3.8, 4) is 11.3 Å². The quantitative estimate of drug-likeness (QED) is 0.898. The van der Waals surface area contributed by atoms with Gasteiger partial charge in [0.2, 0.25) is 0 Å². The smallest absolute Gasteiger partial charge is 0.251 e. The number of hydrogen-bond donors (Lipinski definition) is 2. The van der Waals surface area contributed by atoms with Crippen LogP contribution in [-0.4, -0.2) is 23.3 Å². The van der Waals surface area contributed by atoms with E-state index < -0.39 is 5.91 Å². The van der Waals surface area contributed by atoms with Crippen LogP contribution < -0.4 is 11.1 Å². The fourth-order valence-electron chi connectivity index (χ4n) is 2.10. The standard InChI is InChI=1S/C16H17N3O2/c1-3-18-16(21)12-7-5-4-6-11(12)14-13(15(17)20)9-8-10(2)19-14/h4-9H,3H2,1-2H3,(H2,17,20)(H,18,21). The Bertz CT molecular complexity index is 696. The van der Waals surface area contributed by atoms with Gasteiger partial charge in [-0.15, -0.1) is 0 Å². The molecule has 0 fully saturated rings. The lowest BCUT2D eigenvalue weighted by Gasteiger charge is -2.12. The number of aryl methyl sites for hydroxylation is 1. The molecule has 2 rings (SSSR count). The second-order valence-electron chi connectivity index (χ2n) is 4.62. The molecule has 2 amide bonds. The van der Waals surface area contributed by atoms with E-state index in [1.807, 2.05) is 13.8 Å². The number of hydrogen-bond acceptors (Lipinski definition) is 3. The largest absolute Gasteiger partial charge is 0.366 e. The van der Waals surface area contributed by atoms with Crippen LogP contribution in [0.3, 0.4) is 0 Å². The van der Waals surface area contributed by atoms with E-state index in [4.69, 9.17) is 5.73 Å². The number of amides is 2. The van der Waals surface area contributed by atoms with Crippen molar-refractivity contribution in [1.29, 1.82) is 0 Å². The maximum atomic E-state index is 12.1. The van der Waals surface area contributed by atoms with Gasteiger partial charge >= 0.3 is 0 Å². The molecule has 0 saturated heterocycles. The molecule has 0 aliphatic rings. The topological polar surface area (TPSA) is 85.1 Å². The normalized spacial score (nSPS) is 10.2. The van der Waals surface area contributed by atoms with Gasteiger partial charge in [-0.05, 0) is 32.0 Å². The molecule has 3 N–H and O–H groups in total. The van der Waals surface area contributed by atoms with Crippen LogP contribution in [0, 0.1) is 6.92 Å². The highest BCUT2D eigenvalue weighted by molar-refractivity contribution is 6.05. The highest BCUT2D eigenvalue weighted by Crippen LogP contribution is 2.25. The lowest BCUT2D eigenvalue weighted by atomic mass is 9.99. The monoisotopic (exact) mass is 283 g/mol. The van der Waals surface area contributed by atoms with Gasteiger partial charge in [0.1, 0.15) is 0 Å². The van der Waals surface area contributed by atoms with E-state index in [2.05, 4.69) is 10.3 Å². The third-order valence-electron chi connectivity index (χ3n) is 3.06. The van der Waals surface area contributed by atoms with Gasteiger partial charge in [-0.25, -0.2) is 0 Å². The Balaban J connectivity index is 2.65. The SMILES string of the molecule is CCNC(=O)c1ccccc1-c1nc(C)ccc1C(N)=O. The van der Waals surface area contributed by atoms with Crippen LogP contribution in [0.5, 0.6) is 0 Å².